The van der Waals surface area contributed by atoms with Crippen molar-refractivity contribution in [3.63, 3.8) is 0 Å². The fourth-order valence-electron chi connectivity index (χ4n) is 1.82. The van der Waals surface area contributed by atoms with Gasteiger partial charge in [0, 0.05) is 6.20 Å². The molecule has 0 radical (unpaired) electrons. The maximum Gasteiger partial charge on any atom is 0.223 e. The second-order valence-corrected chi connectivity index (χ2v) is 3.96. The molecule has 2 aromatic heterocycles. The molecule has 1 N–H and O–H groups in total. The van der Waals surface area contributed by atoms with Crippen molar-refractivity contribution in [3.05, 3.63) is 60.0 Å². The Morgan fingerprint density at radius 3 is 2.67 bits per heavy atom. The van der Waals surface area contributed by atoms with E-state index in [1.165, 1.54) is 12.2 Å². The summed E-state index contributed by atoms with van der Waals surface area (Å²) in [6.07, 6.45) is 9.85. The highest BCUT2D eigenvalue weighted by Crippen LogP contribution is 2.22. The van der Waals surface area contributed by atoms with Crippen LogP contribution in [0.2, 0.25) is 0 Å². The molecule has 4 nitrogen and oxygen atoms in total. The lowest BCUT2D eigenvalue weighted by Gasteiger charge is -1.98. The van der Waals surface area contributed by atoms with E-state index in [-0.39, 0.29) is 11.7 Å². The molecule has 0 aliphatic heterocycles. The van der Waals surface area contributed by atoms with Crippen molar-refractivity contribution in [1.29, 1.82) is 0 Å². The van der Waals surface area contributed by atoms with Crippen LogP contribution in [0.15, 0.2) is 54.3 Å². The van der Waals surface area contributed by atoms with Crippen LogP contribution in [0.25, 0.3) is 11.7 Å². The minimum atomic E-state index is -0.0358. The van der Waals surface area contributed by atoms with Crippen molar-refractivity contribution in [3.8, 4) is 5.88 Å². The van der Waals surface area contributed by atoms with Gasteiger partial charge in [0.1, 0.15) is 11.3 Å². The van der Waals surface area contributed by atoms with Crippen LogP contribution < -0.4 is 0 Å². The van der Waals surface area contributed by atoms with Crippen molar-refractivity contribution >= 4 is 17.5 Å². The minimum Gasteiger partial charge on any atom is -0.493 e. The Balaban J connectivity index is 2.08. The zero-order valence-electron chi connectivity index (χ0n) is 9.45. The lowest BCUT2D eigenvalue weighted by atomic mass is 10.1. The third-order valence-corrected chi connectivity index (χ3v) is 2.71. The second kappa shape index (κ2) is 4.00. The van der Waals surface area contributed by atoms with Crippen LogP contribution in [-0.2, 0) is 4.79 Å². The molecule has 2 heterocycles. The molecule has 0 spiro atoms. The van der Waals surface area contributed by atoms with Gasteiger partial charge in [-0.25, -0.2) is 4.98 Å². The fourth-order valence-corrected chi connectivity index (χ4v) is 1.82. The van der Waals surface area contributed by atoms with E-state index < -0.39 is 0 Å². The average Bonchev–Trinajstić information content (AvgIpc) is 2.70. The number of imidazole rings is 1. The third kappa shape index (κ3) is 1.73. The van der Waals surface area contributed by atoms with Gasteiger partial charge in [-0.3, -0.25) is 9.20 Å². The first-order valence-electron chi connectivity index (χ1n) is 5.52. The van der Waals surface area contributed by atoms with Crippen molar-refractivity contribution in [1.82, 2.24) is 9.38 Å². The molecular weight excluding hydrogens is 228 g/mol. The summed E-state index contributed by atoms with van der Waals surface area (Å²) < 4.78 is 1.60. The quantitative estimate of drug-likeness (QED) is 0.827. The molecule has 0 amide bonds. The molecular formula is C14H10N2O2. The Kier molecular flexibility index (Phi) is 2.34. The van der Waals surface area contributed by atoms with E-state index in [9.17, 15) is 9.90 Å². The zero-order chi connectivity index (χ0) is 12.5. The summed E-state index contributed by atoms with van der Waals surface area (Å²) in [6.45, 7) is 0. The van der Waals surface area contributed by atoms with Crippen LogP contribution in [0.3, 0.4) is 0 Å². The molecule has 1 aliphatic rings. The number of carbonyl (C=O) groups excluding carboxylic acids is 1. The Morgan fingerprint density at radius 2 is 1.94 bits per heavy atom. The van der Waals surface area contributed by atoms with Gasteiger partial charge in [-0.05, 0) is 35.9 Å². The molecule has 0 bridgehead atoms. The summed E-state index contributed by atoms with van der Waals surface area (Å²) in [5.41, 5.74) is 2.00. The first-order valence-corrected chi connectivity index (χ1v) is 5.52. The summed E-state index contributed by atoms with van der Waals surface area (Å²) in [7, 11) is 0. The first kappa shape index (κ1) is 10.5. The zero-order valence-corrected chi connectivity index (χ0v) is 9.45. The van der Waals surface area contributed by atoms with E-state index in [0.717, 1.165) is 5.57 Å². The van der Waals surface area contributed by atoms with E-state index in [0.29, 0.717) is 11.3 Å². The number of aromatic hydroxyl groups is 1. The molecule has 0 saturated carbocycles. The molecule has 0 saturated heterocycles. The standard InChI is InChI=1S/C14H10N2O2/c17-11-6-4-10(5-7-11)9-12-14(18)16-8-2-1-3-13(16)15-12/h1-9,18H. The van der Waals surface area contributed by atoms with E-state index >= 15 is 0 Å². The van der Waals surface area contributed by atoms with Gasteiger partial charge < -0.3 is 5.11 Å². The van der Waals surface area contributed by atoms with Crippen molar-refractivity contribution in [2.45, 2.75) is 0 Å². The topological polar surface area (TPSA) is 54.6 Å². The number of nitrogens with zero attached hydrogens (tertiary/aromatic N) is 2. The molecule has 0 fully saturated rings. The molecule has 18 heavy (non-hydrogen) atoms. The van der Waals surface area contributed by atoms with Gasteiger partial charge in [0.15, 0.2) is 5.78 Å². The van der Waals surface area contributed by atoms with Gasteiger partial charge in [-0.15, -0.1) is 0 Å². The highest BCUT2D eigenvalue weighted by Gasteiger charge is 2.09. The maximum atomic E-state index is 11.0. The molecule has 0 atom stereocenters. The van der Waals surface area contributed by atoms with E-state index in [1.807, 2.05) is 18.2 Å². The monoisotopic (exact) mass is 238 g/mol. The smallest absolute Gasteiger partial charge is 0.223 e. The van der Waals surface area contributed by atoms with Crippen LogP contribution in [-0.4, -0.2) is 20.3 Å². The van der Waals surface area contributed by atoms with Crippen molar-refractivity contribution in [2.24, 2.45) is 0 Å². The predicted octanol–water partition coefficient (Wildman–Crippen LogP) is 2.12. The number of hydrogen-bond acceptors (Lipinski definition) is 3. The average molecular weight is 238 g/mol. The Bertz CT molecular complexity index is 702. The molecule has 4 heteroatoms. The molecule has 88 valence electrons. The minimum absolute atomic E-state index is 0.0358. The molecule has 2 aromatic rings. The maximum absolute atomic E-state index is 11.0. The third-order valence-electron chi connectivity index (χ3n) is 2.71. The van der Waals surface area contributed by atoms with E-state index in [1.54, 1.807) is 28.8 Å². The van der Waals surface area contributed by atoms with Gasteiger partial charge in [0.25, 0.3) is 0 Å². The van der Waals surface area contributed by atoms with Crippen LogP contribution in [0, 0.1) is 0 Å². The second-order valence-electron chi connectivity index (χ2n) is 3.96. The summed E-state index contributed by atoms with van der Waals surface area (Å²) in [5, 5.41) is 10.0. The van der Waals surface area contributed by atoms with Gasteiger partial charge in [-0.2, -0.15) is 0 Å². The van der Waals surface area contributed by atoms with E-state index in [4.69, 9.17) is 0 Å². The van der Waals surface area contributed by atoms with Gasteiger partial charge in [0.2, 0.25) is 5.88 Å². The summed E-state index contributed by atoms with van der Waals surface area (Å²) in [4.78, 5) is 15.3. The number of allylic oxidation sites excluding steroid dienone is 5. The van der Waals surface area contributed by atoms with Gasteiger partial charge in [-0.1, -0.05) is 18.2 Å². The SMILES string of the molecule is O=C1C=CC(=Cc2nc3ccccn3c2O)C=C1. The van der Waals surface area contributed by atoms with E-state index in [2.05, 4.69) is 4.98 Å². The van der Waals surface area contributed by atoms with Crippen LogP contribution in [0.1, 0.15) is 5.69 Å². The van der Waals surface area contributed by atoms with Crippen LogP contribution >= 0.6 is 0 Å². The number of hydrogen-bond donors (Lipinski definition) is 1. The largest absolute Gasteiger partial charge is 0.493 e. The van der Waals surface area contributed by atoms with Crippen molar-refractivity contribution < 1.29 is 9.90 Å². The normalized spacial score (nSPS) is 14.4. The summed E-state index contributed by atoms with van der Waals surface area (Å²) >= 11 is 0. The number of pyridine rings is 1. The Labute approximate surface area is 103 Å². The first-order chi connectivity index (χ1) is 8.74. The fraction of sp³-hybridized carbons (Fsp3) is 0. The Morgan fingerprint density at radius 1 is 1.17 bits per heavy atom. The van der Waals surface area contributed by atoms with Crippen LogP contribution in [0.5, 0.6) is 5.88 Å². The Hall–Kier alpha value is -2.62. The van der Waals surface area contributed by atoms with Gasteiger partial charge >= 0.3 is 0 Å². The summed E-state index contributed by atoms with van der Waals surface area (Å²) in [6, 6.07) is 5.50. The van der Waals surface area contributed by atoms with Crippen LogP contribution in [0.4, 0.5) is 0 Å². The molecule has 3 rings (SSSR count). The molecule has 0 unspecified atom stereocenters. The molecule has 0 aromatic carbocycles. The number of aromatic nitrogens is 2. The highest BCUT2D eigenvalue weighted by molar-refractivity contribution is 6.01. The summed E-state index contributed by atoms with van der Waals surface area (Å²) in [5.74, 6) is 0.0585. The highest BCUT2D eigenvalue weighted by atomic mass is 16.3. The number of carbonyl (C=O) groups is 1. The van der Waals surface area contributed by atoms with Crippen molar-refractivity contribution in [2.75, 3.05) is 0 Å². The number of ketones is 1. The van der Waals surface area contributed by atoms with Gasteiger partial charge in [0.05, 0.1) is 0 Å². The lowest BCUT2D eigenvalue weighted by molar-refractivity contribution is -0.110. The lowest BCUT2D eigenvalue weighted by Crippen LogP contribution is -1.91. The molecule has 1 aliphatic carbocycles. The predicted molar refractivity (Wildman–Crippen MR) is 68.1 cm³/mol. The number of rotatable bonds is 1. The number of fused-ring (bicyclic) bond motifs is 1.